The van der Waals surface area contributed by atoms with Gasteiger partial charge >= 0.3 is 0 Å². The van der Waals surface area contributed by atoms with E-state index in [-0.39, 0.29) is 35.8 Å². The van der Waals surface area contributed by atoms with Crippen molar-refractivity contribution in [3.05, 3.63) is 29.8 Å². The summed E-state index contributed by atoms with van der Waals surface area (Å²) in [4.78, 5) is 13.3. The molecule has 0 saturated heterocycles. The summed E-state index contributed by atoms with van der Waals surface area (Å²) in [5, 5.41) is 0. The molecule has 0 radical (unpaired) electrons. The van der Waals surface area contributed by atoms with Crippen molar-refractivity contribution in [3.63, 3.8) is 0 Å². The van der Waals surface area contributed by atoms with Gasteiger partial charge in [0.15, 0.2) is 0 Å². The summed E-state index contributed by atoms with van der Waals surface area (Å²) in [5.41, 5.74) is 6.34. The molecule has 1 fully saturated rings. The van der Waals surface area contributed by atoms with Crippen molar-refractivity contribution in [2.75, 3.05) is 20.6 Å². The van der Waals surface area contributed by atoms with Crippen LogP contribution in [0.3, 0.4) is 0 Å². The molecule has 1 atom stereocenters. The Morgan fingerprint density at radius 2 is 1.86 bits per heavy atom. The van der Waals surface area contributed by atoms with Crippen LogP contribution in [0, 0.1) is 5.92 Å². The number of nitrogens with two attached hydrogens (primary N) is 1. The first-order valence-electron chi connectivity index (χ1n) is 6.88. The monoisotopic (exact) mass is 347 g/mol. The summed E-state index contributed by atoms with van der Waals surface area (Å²) < 4.78 is 26.8. The summed E-state index contributed by atoms with van der Waals surface area (Å²) >= 11 is 0. The Labute approximate surface area is 137 Å². The first-order valence-corrected chi connectivity index (χ1v) is 8.36. The van der Waals surface area contributed by atoms with E-state index in [9.17, 15) is 13.2 Å². The van der Waals surface area contributed by atoms with E-state index in [0.717, 1.165) is 12.8 Å². The van der Waals surface area contributed by atoms with Gasteiger partial charge in [-0.2, -0.15) is 0 Å². The molecule has 0 heterocycles. The highest BCUT2D eigenvalue weighted by molar-refractivity contribution is 7.89. The average molecular weight is 348 g/mol. The molecular weight excluding hydrogens is 326 g/mol. The lowest BCUT2D eigenvalue weighted by molar-refractivity contribution is 0.0827. The van der Waals surface area contributed by atoms with Gasteiger partial charge in [-0.3, -0.25) is 4.79 Å². The maximum absolute atomic E-state index is 12.1. The Morgan fingerprint density at radius 1 is 1.32 bits per heavy atom. The maximum atomic E-state index is 12.1. The number of nitrogens with one attached hydrogen (secondary N) is 1. The van der Waals surface area contributed by atoms with Crippen molar-refractivity contribution in [1.82, 2.24) is 9.62 Å². The Hall–Kier alpha value is -1.15. The first-order chi connectivity index (χ1) is 9.81. The van der Waals surface area contributed by atoms with Gasteiger partial charge in [0.05, 0.1) is 4.90 Å². The van der Waals surface area contributed by atoms with Gasteiger partial charge < -0.3 is 10.6 Å². The summed E-state index contributed by atoms with van der Waals surface area (Å²) in [6.07, 6.45) is 2.15. The van der Waals surface area contributed by atoms with Crippen molar-refractivity contribution in [1.29, 1.82) is 0 Å². The van der Waals surface area contributed by atoms with Crippen molar-refractivity contribution in [2.45, 2.75) is 23.8 Å². The van der Waals surface area contributed by atoms with E-state index in [1.165, 1.54) is 29.2 Å². The van der Waals surface area contributed by atoms with Gasteiger partial charge in [0, 0.05) is 32.2 Å². The third kappa shape index (κ3) is 4.67. The highest BCUT2D eigenvalue weighted by Crippen LogP contribution is 2.31. The van der Waals surface area contributed by atoms with Crippen LogP contribution in [0.1, 0.15) is 23.2 Å². The smallest absolute Gasteiger partial charge is 0.253 e. The van der Waals surface area contributed by atoms with Gasteiger partial charge in [0.1, 0.15) is 0 Å². The minimum atomic E-state index is -3.58. The van der Waals surface area contributed by atoms with Crippen molar-refractivity contribution < 1.29 is 13.2 Å². The minimum Gasteiger partial charge on any atom is -0.345 e. The van der Waals surface area contributed by atoms with Crippen molar-refractivity contribution in [2.24, 2.45) is 11.7 Å². The van der Waals surface area contributed by atoms with E-state index < -0.39 is 10.0 Å². The molecule has 0 bridgehead atoms. The van der Waals surface area contributed by atoms with Crippen LogP contribution in [0.5, 0.6) is 0 Å². The van der Waals surface area contributed by atoms with E-state index in [0.29, 0.717) is 11.5 Å². The van der Waals surface area contributed by atoms with Gasteiger partial charge in [-0.15, -0.1) is 12.4 Å². The standard InChI is InChI=1S/C14H21N3O3S.ClH/c1-17(2)14(18)11-5-7-12(8-6-11)21(19,20)16-9-13(15)10-3-4-10;/h5-8,10,13,16H,3-4,9,15H2,1-2H3;1H. The SMILES string of the molecule is CN(C)C(=O)c1ccc(S(=O)(=O)NCC(N)C2CC2)cc1.Cl. The highest BCUT2D eigenvalue weighted by Gasteiger charge is 2.29. The van der Waals surface area contributed by atoms with Gasteiger partial charge in [-0.1, -0.05) is 0 Å². The number of rotatable bonds is 6. The molecule has 124 valence electrons. The Bertz CT molecular complexity index is 613. The fourth-order valence-electron chi connectivity index (χ4n) is 2.02. The summed E-state index contributed by atoms with van der Waals surface area (Å²) in [6, 6.07) is 5.76. The average Bonchev–Trinajstić information content (AvgIpc) is 3.28. The van der Waals surface area contributed by atoms with Crippen LogP contribution in [0.4, 0.5) is 0 Å². The Kier molecular flexibility index (Phi) is 6.37. The van der Waals surface area contributed by atoms with E-state index in [2.05, 4.69) is 4.72 Å². The van der Waals surface area contributed by atoms with Crippen LogP contribution >= 0.6 is 12.4 Å². The molecule has 8 heteroatoms. The minimum absolute atomic E-state index is 0. The van der Waals surface area contributed by atoms with Crippen LogP contribution in [-0.4, -0.2) is 45.9 Å². The second kappa shape index (κ2) is 7.41. The molecular formula is C14H22ClN3O3S. The van der Waals surface area contributed by atoms with E-state index in [1.807, 2.05) is 0 Å². The lowest BCUT2D eigenvalue weighted by atomic mass is 10.2. The second-order valence-electron chi connectivity index (χ2n) is 5.58. The molecule has 6 nitrogen and oxygen atoms in total. The van der Waals surface area contributed by atoms with Crippen molar-refractivity contribution >= 4 is 28.3 Å². The van der Waals surface area contributed by atoms with Crippen LogP contribution in [-0.2, 0) is 10.0 Å². The molecule has 1 aliphatic carbocycles. The number of benzene rings is 1. The number of sulfonamides is 1. The lowest BCUT2D eigenvalue weighted by Crippen LogP contribution is -2.38. The number of hydrogen-bond donors (Lipinski definition) is 2. The third-order valence-electron chi connectivity index (χ3n) is 3.55. The normalized spacial score (nSPS) is 15.8. The summed E-state index contributed by atoms with van der Waals surface area (Å²) in [5.74, 6) is 0.274. The zero-order valence-corrected chi connectivity index (χ0v) is 14.3. The summed E-state index contributed by atoms with van der Waals surface area (Å²) in [7, 11) is -0.285. The van der Waals surface area contributed by atoms with Crippen molar-refractivity contribution in [3.8, 4) is 0 Å². The number of nitrogens with zero attached hydrogens (tertiary/aromatic N) is 1. The van der Waals surface area contributed by atoms with Gasteiger partial charge in [0.2, 0.25) is 10.0 Å². The molecule has 1 aromatic rings. The molecule has 1 amide bonds. The van der Waals surface area contributed by atoms with E-state index in [1.54, 1.807) is 14.1 Å². The molecule has 0 spiro atoms. The number of halogens is 1. The molecule has 1 saturated carbocycles. The second-order valence-corrected chi connectivity index (χ2v) is 7.34. The first kappa shape index (κ1) is 18.9. The van der Waals surface area contributed by atoms with Crippen LogP contribution in [0.15, 0.2) is 29.2 Å². The summed E-state index contributed by atoms with van der Waals surface area (Å²) in [6.45, 7) is 0.241. The maximum Gasteiger partial charge on any atom is 0.253 e. The molecule has 3 N–H and O–H groups in total. The molecule has 1 unspecified atom stereocenters. The van der Waals surface area contributed by atoms with Crippen LogP contribution in [0.2, 0.25) is 0 Å². The Morgan fingerprint density at radius 3 is 2.32 bits per heavy atom. The lowest BCUT2D eigenvalue weighted by Gasteiger charge is -2.13. The predicted octanol–water partition coefficient (Wildman–Crippen LogP) is 0.826. The van der Waals surface area contributed by atoms with Gasteiger partial charge in [0.25, 0.3) is 5.91 Å². The molecule has 1 aliphatic rings. The number of carbonyl (C=O) groups is 1. The Balaban J connectivity index is 0.00000242. The number of amides is 1. The fraction of sp³-hybridized carbons (Fsp3) is 0.500. The van der Waals surface area contributed by atoms with Crippen LogP contribution in [0.25, 0.3) is 0 Å². The number of hydrogen-bond acceptors (Lipinski definition) is 4. The van der Waals surface area contributed by atoms with E-state index >= 15 is 0 Å². The van der Waals surface area contributed by atoms with E-state index in [4.69, 9.17) is 5.73 Å². The quantitative estimate of drug-likeness (QED) is 0.797. The van der Waals surface area contributed by atoms with Gasteiger partial charge in [-0.05, 0) is 43.0 Å². The fourth-order valence-corrected chi connectivity index (χ4v) is 3.09. The van der Waals surface area contributed by atoms with Gasteiger partial charge in [-0.25, -0.2) is 13.1 Å². The predicted molar refractivity (Wildman–Crippen MR) is 87.6 cm³/mol. The highest BCUT2D eigenvalue weighted by atomic mass is 35.5. The largest absolute Gasteiger partial charge is 0.345 e. The van der Waals surface area contributed by atoms with Crippen LogP contribution < -0.4 is 10.5 Å². The molecule has 0 aromatic heterocycles. The topological polar surface area (TPSA) is 92.5 Å². The third-order valence-corrected chi connectivity index (χ3v) is 4.99. The zero-order valence-electron chi connectivity index (χ0n) is 12.7. The molecule has 0 aliphatic heterocycles. The molecule has 1 aromatic carbocycles. The number of carbonyl (C=O) groups excluding carboxylic acids is 1. The molecule has 2 rings (SSSR count). The zero-order chi connectivity index (χ0) is 15.6. The molecule has 22 heavy (non-hydrogen) atoms.